The van der Waals surface area contributed by atoms with Gasteiger partial charge in [-0.15, -0.1) is 0 Å². The molecule has 2 fully saturated rings. The van der Waals surface area contributed by atoms with Crippen molar-refractivity contribution in [1.29, 1.82) is 0 Å². The summed E-state index contributed by atoms with van der Waals surface area (Å²) in [5, 5.41) is 12.7. The number of rotatable bonds is 5. The van der Waals surface area contributed by atoms with E-state index in [2.05, 4.69) is 24.1 Å². The van der Waals surface area contributed by atoms with Gasteiger partial charge in [-0.2, -0.15) is 0 Å². The van der Waals surface area contributed by atoms with Gasteiger partial charge in [-0.25, -0.2) is 0 Å². The molecule has 0 spiro atoms. The molecule has 2 aliphatic heterocycles. The highest BCUT2D eigenvalue weighted by Gasteiger charge is 2.32. The molecule has 2 aliphatic rings. The van der Waals surface area contributed by atoms with E-state index in [1.807, 2.05) is 0 Å². The van der Waals surface area contributed by atoms with Crippen molar-refractivity contribution in [3.63, 3.8) is 0 Å². The van der Waals surface area contributed by atoms with E-state index in [1.54, 1.807) is 0 Å². The van der Waals surface area contributed by atoms with Crippen LogP contribution in [0.4, 0.5) is 0 Å². The van der Waals surface area contributed by atoms with Gasteiger partial charge in [0.1, 0.15) is 0 Å². The molecule has 2 unspecified atom stereocenters. The minimum absolute atomic E-state index is 0.224. The Balaban J connectivity index is 1.73. The highest BCUT2D eigenvalue weighted by Crippen LogP contribution is 2.27. The van der Waals surface area contributed by atoms with Crippen molar-refractivity contribution in [1.82, 2.24) is 10.2 Å². The second-order valence-corrected chi connectivity index (χ2v) is 6.57. The number of nitrogens with one attached hydrogen (secondary N) is 1. The third-order valence-corrected chi connectivity index (χ3v) is 4.48. The lowest BCUT2D eigenvalue weighted by Gasteiger charge is -2.37. The van der Waals surface area contributed by atoms with Crippen LogP contribution in [0, 0.1) is 5.41 Å². The summed E-state index contributed by atoms with van der Waals surface area (Å²) in [4.78, 5) is 2.66. The molecule has 2 heterocycles. The van der Waals surface area contributed by atoms with E-state index in [0.717, 1.165) is 19.0 Å². The normalized spacial score (nSPS) is 30.5. The molecule has 0 aromatic rings. The number of hydrogen-bond acceptors (Lipinski definition) is 3. The van der Waals surface area contributed by atoms with Crippen molar-refractivity contribution in [2.45, 2.75) is 58.0 Å². The zero-order chi connectivity index (χ0) is 12.3. The molecule has 3 heteroatoms. The molecule has 0 aromatic carbocycles. The number of fused-ring (bicyclic) bond motifs is 1. The lowest BCUT2D eigenvalue weighted by atomic mass is 9.88. The van der Waals surface area contributed by atoms with Gasteiger partial charge in [0.05, 0.1) is 0 Å². The first-order chi connectivity index (χ1) is 8.11. The van der Waals surface area contributed by atoms with E-state index in [0.29, 0.717) is 12.6 Å². The van der Waals surface area contributed by atoms with Crippen molar-refractivity contribution in [3.05, 3.63) is 0 Å². The Labute approximate surface area is 106 Å². The molecule has 0 bridgehead atoms. The predicted octanol–water partition coefficient (Wildman–Crippen LogP) is 1.61. The quantitative estimate of drug-likeness (QED) is 0.766. The van der Waals surface area contributed by atoms with Crippen molar-refractivity contribution < 1.29 is 5.11 Å². The Hall–Kier alpha value is -0.120. The molecule has 2 saturated heterocycles. The number of aliphatic hydroxyl groups excluding tert-OH is 1. The largest absolute Gasteiger partial charge is 0.396 e. The van der Waals surface area contributed by atoms with Crippen LogP contribution >= 0.6 is 0 Å². The minimum atomic E-state index is 0.224. The summed E-state index contributed by atoms with van der Waals surface area (Å²) < 4.78 is 0. The van der Waals surface area contributed by atoms with Crippen LogP contribution in [-0.2, 0) is 0 Å². The molecule has 0 amide bonds. The molecule has 17 heavy (non-hydrogen) atoms. The summed E-state index contributed by atoms with van der Waals surface area (Å²) in [5.74, 6) is 0. The van der Waals surface area contributed by atoms with Crippen LogP contribution in [0.2, 0.25) is 0 Å². The smallest absolute Gasteiger partial charge is 0.0436 e. The highest BCUT2D eigenvalue weighted by atomic mass is 16.3. The number of aliphatic hydroxyl groups is 1. The molecule has 0 aliphatic carbocycles. The number of nitrogens with zero attached hydrogens (tertiary/aromatic N) is 1. The predicted molar refractivity (Wildman–Crippen MR) is 71.1 cm³/mol. The van der Waals surface area contributed by atoms with Crippen molar-refractivity contribution in [2.24, 2.45) is 5.41 Å². The summed E-state index contributed by atoms with van der Waals surface area (Å²) >= 11 is 0. The number of hydrogen-bond donors (Lipinski definition) is 2. The monoisotopic (exact) mass is 240 g/mol. The summed E-state index contributed by atoms with van der Waals surface area (Å²) in [5.41, 5.74) is 0.224. The molecule has 2 atom stereocenters. The lowest BCUT2D eigenvalue weighted by molar-refractivity contribution is 0.151. The van der Waals surface area contributed by atoms with Gasteiger partial charge < -0.3 is 15.3 Å². The molecule has 3 nitrogen and oxygen atoms in total. The first-order valence-corrected chi connectivity index (χ1v) is 7.19. The van der Waals surface area contributed by atoms with Crippen LogP contribution in [0.25, 0.3) is 0 Å². The lowest BCUT2D eigenvalue weighted by Crippen LogP contribution is -2.47. The summed E-state index contributed by atoms with van der Waals surface area (Å²) in [6, 6.07) is 1.55. The van der Waals surface area contributed by atoms with Crippen LogP contribution in [0.5, 0.6) is 0 Å². The Kier molecular flexibility index (Phi) is 4.45. The molecule has 2 N–H and O–H groups in total. The van der Waals surface area contributed by atoms with Crippen LogP contribution in [-0.4, -0.2) is 48.3 Å². The van der Waals surface area contributed by atoms with Crippen LogP contribution < -0.4 is 5.32 Å². The Bertz CT molecular complexity index is 242. The zero-order valence-electron chi connectivity index (χ0n) is 11.4. The molecule has 0 aromatic heterocycles. The average molecular weight is 240 g/mol. The average Bonchev–Trinajstić information content (AvgIpc) is 2.73. The summed E-state index contributed by atoms with van der Waals surface area (Å²) in [6.45, 7) is 8.42. The van der Waals surface area contributed by atoms with Gasteiger partial charge in [0.15, 0.2) is 0 Å². The van der Waals surface area contributed by atoms with Gasteiger partial charge in [-0.1, -0.05) is 13.8 Å². The van der Waals surface area contributed by atoms with Gasteiger partial charge in [0.2, 0.25) is 0 Å². The second kappa shape index (κ2) is 5.68. The first-order valence-electron chi connectivity index (χ1n) is 7.19. The topological polar surface area (TPSA) is 35.5 Å². The van der Waals surface area contributed by atoms with E-state index in [4.69, 9.17) is 5.11 Å². The van der Waals surface area contributed by atoms with Gasteiger partial charge in [-0.05, 0) is 50.6 Å². The standard InChI is InChI=1S/C14H28N2O/c1-14(2,6-9-17)11-15-12-5-8-16-7-3-4-13(16)10-12/h12-13,15,17H,3-11H2,1-2H3. The fourth-order valence-corrected chi connectivity index (χ4v) is 3.22. The maximum Gasteiger partial charge on any atom is 0.0436 e. The van der Waals surface area contributed by atoms with E-state index in [-0.39, 0.29) is 5.41 Å². The minimum Gasteiger partial charge on any atom is -0.396 e. The Morgan fingerprint density at radius 3 is 2.88 bits per heavy atom. The third-order valence-electron chi connectivity index (χ3n) is 4.48. The van der Waals surface area contributed by atoms with E-state index in [1.165, 1.54) is 38.8 Å². The molecule has 0 saturated carbocycles. The van der Waals surface area contributed by atoms with Gasteiger partial charge >= 0.3 is 0 Å². The molecular weight excluding hydrogens is 212 g/mol. The van der Waals surface area contributed by atoms with E-state index in [9.17, 15) is 0 Å². The van der Waals surface area contributed by atoms with Crippen LogP contribution in [0.1, 0.15) is 46.0 Å². The fraction of sp³-hybridized carbons (Fsp3) is 1.00. The molecule has 0 radical (unpaired) electrons. The van der Waals surface area contributed by atoms with Gasteiger partial charge in [0.25, 0.3) is 0 Å². The van der Waals surface area contributed by atoms with Crippen LogP contribution in [0.15, 0.2) is 0 Å². The molecule has 2 rings (SSSR count). The van der Waals surface area contributed by atoms with Gasteiger partial charge in [0, 0.05) is 25.2 Å². The molecular formula is C14H28N2O. The third kappa shape index (κ3) is 3.67. The van der Waals surface area contributed by atoms with Crippen molar-refractivity contribution in [3.8, 4) is 0 Å². The fourth-order valence-electron chi connectivity index (χ4n) is 3.22. The maximum absolute atomic E-state index is 9.03. The van der Waals surface area contributed by atoms with Crippen LogP contribution in [0.3, 0.4) is 0 Å². The Morgan fingerprint density at radius 2 is 2.12 bits per heavy atom. The first kappa shape index (κ1) is 13.3. The number of piperidine rings is 1. The SMILES string of the molecule is CC(C)(CCO)CNC1CCN2CCCC2C1. The second-order valence-electron chi connectivity index (χ2n) is 6.57. The van der Waals surface area contributed by atoms with Crippen molar-refractivity contribution >= 4 is 0 Å². The van der Waals surface area contributed by atoms with Crippen molar-refractivity contribution in [2.75, 3.05) is 26.2 Å². The van der Waals surface area contributed by atoms with Gasteiger partial charge in [-0.3, -0.25) is 0 Å². The molecule has 100 valence electrons. The Morgan fingerprint density at radius 1 is 1.29 bits per heavy atom. The maximum atomic E-state index is 9.03. The van der Waals surface area contributed by atoms with E-state index >= 15 is 0 Å². The highest BCUT2D eigenvalue weighted by molar-refractivity contribution is 4.89. The van der Waals surface area contributed by atoms with E-state index < -0.39 is 0 Å². The zero-order valence-corrected chi connectivity index (χ0v) is 11.4. The summed E-state index contributed by atoms with van der Waals surface area (Å²) in [7, 11) is 0. The summed E-state index contributed by atoms with van der Waals surface area (Å²) in [6.07, 6.45) is 6.31.